The molecule has 1 aromatic carbocycles. The van der Waals surface area contributed by atoms with Crippen molar-refractivity contribution in [2.24, 2.45) is 0 Å². The smallest absolute Gasteiger partial charge is 0.382 e. The van der Waals surface area contributed by atoms with Gasteiger partial charge < -0.3 is 10.4 Å². The predicted octanol–water partition coefficient (Wildman–Crippen LogP) is 3.17. The quantitative estimate of drug-likeness (QED) is 0.849. The van der Waals surface area contributed by atoms with E-state index in [2.05, 4.69) is 10.4 Å². The van der Waals surface area contributed by atoms with Crippen LogP contribution >= 0.6 is 11.6 Å². The molecule has 2 N–H and O–H groups in total. The number of aliphatic hydroxyl groups is 1. The number of nitrogens with one attached hydrogen (secondary N) is 1. The molecule has 1 amide bonds. The fourth-order valence-electron chi connectivity index (χ4n) is 3.24. The molecule has 2 heterocycles. The largest absolute Gasteiger partial charge is 0.416 e. The second-order valence-electron chi connectivity index (χ2n) is 6.62. The first kappa shape index (κ1) is 17.4. The van der Waals surface area contributed by atoms with Crippen LogP contribution < -0.4 is 5.32 Å². The summed E-state index contributed by atoms with van der Waals surface area (Å²) in [7, 11) is 0. The molecule has 1 aromatic heterocycles. The number of hydrogen-bond donors (Lipinski definition) is 2. The molecule has 5 nitrogen and oxygen atoms in total. The molecule has 9 heteroatoms. The third-order valence-electron chi connectivity index (χ3n) is 4.69. The maximum Gasteiger partial charge on any atom is 0.416 e. The Morgan fingerprint density at radius 3 is 2.54 bits per heavy atom. The number of aliphatic hydroxyl groups excluding tert-OH is 1. The van der Waals surface area contributed by atoms with Crippen LogP contribution in [0.2, 0.25) is 5.02 Å². The van der Waals surface area contributed by atoms with Gasteiger partial charge in [-0.3, -0.25) is 9.48 Å². The molecule has 1 saturated carbocycles. The monoisotopic (exact) mass is 385 g/mol. The number of carbonyl (C=O) groups is 1. The zero-order chi connectivity index (χ0) is 18.6. The van der Waals surface area contributed by atoms with E-state index in [0.717, 1.165) is 17.5 Å². The van der Waals surface area contributed by atoms with Crippen LogP contribution in [-0.4, -0.2) is 33.1 Å². The lowest BCUT2D eigenvalue weighted by atomic mass is 10.0. The molecule has 2 atom stereocenters. The van der Waals surface area contributed by atoms with E-state index in [1.54, 1.807) is 24.3 Å². The second-order valence-corrected chi connectivity index (χ2v) is 7.05. The second kappa shape index (κ2) is 5.99. The van der Waals surface area contributed by atoms with Crippen molar-refractivity contribution in [3.8, 4) is 0 Å². The number of rotatable bonds is 4. The lowest BCUT2D eigenvalue weighted by Crippen LogP contribution is -2.34. The summed E-state index contributed by atoms with van der Waals surface area (Å²) in [6.45, 7) is -0.752. The fraction of sp³-hybridized carbons (Fsp3) is 0.412. The first-order valence-electron chi connectivity index (χ1n) is 8.17. The first-order valence-corrected chi connectivity index (χ1v) is 8.55. The van der Waals surface area contributed by atoms with E-state index in [-0.39, 0.29) is 11.8 Å². The Bertz CT molecular complexity index is 859. The van der Waals surface area contributed by atoms with Gasteiger partial charge >= 0.3 is 6.18 Å². The van der Waals surface area contributed by atoms with E-state index < -0.39 is 24.9 Å². The van der Waals surface area contributed by atoms with Gasteiger partial charge in [0.15, 0.2) is 6.10 Å². The Morgan fingerprint density at radius 2 is 1.96 bits per heavy atom. The molecule has 26 heavy (non-hydrogen) atoms. The minimum atomic E-state index is -4.76. The molecule has 0 bridgehead atoms. The van der Waals surface area contributed by atoms with Gasteiger partial charge in [-0.25, -0.2) is 0 Å². The minimum Gasteiger partial charge on any atom is -0.382 e. The number of aromatic nitrogens is 2. The number of amides is 1. The standard InChI is InChI=1S/C17H15ClF3N3O2/c18-10-5-3-9(4-6-10)14-15-12(16(26)22-14)13(8-1-2-8)23-24(15)7-11(25)17(19,20)21/h3-6,8,11,14,25H,1-2,7H2,(H,22,26)/t11-,14?/m1/s1. The number of nitrogens with zero attached hydrogens (tertiary/aromatic N) is 2. The zero-order valence-electron chi connectivity index (χ0n) is 13.4. The van der Waals surface area contributed by atoms with Gasteiger partial charge in [-0.15, -0.1) is 0 Å². The van der Waals surface area contributed by atoms with Crippen molar-refractivity contribution < 1.29 is 23.1 Å². The Balaban J connectivity index is 1.78. The van der Waals surface area contributed by atoms with E-state index in [1.165, 1.54) is 0 Å². The highest BCUT2D eigenvalue weighted by molar-refractivity contribution is 6.30. The van der Waals surface area contributed by atoms with Crippen molar-refractivity contribution in [3.05, 3.63) is 51.8 Å². The summed E-state index contributed by atoms with van der Waals surface area (Å²) in [6.07, 6.45) is -5.61. The highest BCUT2D eigenvalue weighted by atomic mass is 35.5. The third-order valence-corrected chi connectivity index (χ3v) is 4.94. The summed E-state index contributed by atoms with van der Waals surface area (Å²) >= 11 is 5.89. The van der Waals surface area contributed by atoms with E-state index in [4.69, 9.17) is 11.6 Å². The van der Waals surface area contributed by atoms with Crippen LogP contribution in [0.4, 0.5) is 13.2 Å². The number of carbonyl (C=O) groups excluding carboxylic acids is 1. The molecule has 1 aliphatic heterocycles. The minimum absolute atomic E-state index is 0.0859. The number of benzene rings is 1. The third kappa shape index (κ3) is 2.97. The van der Waals surface area contributed by atoms with Gasteiger partial charge in [0.1, 0.15) is 0 Å². The first-order chi connectivity index (χ1) is 12.3. The Labute approximate surface area is 151 Å². The number of halogens is 4. The van der Waals surface area contributed by atoms with E-state index in [9.17, 15) is 23.1 Å². The fourth-order valence-corrected chi connectivity index (χ4v) is 3.36. The van der Waals surface area contributed by atoms with Gasteiger partial charge in [0, 0.05) is 10.9 Å². The number of alkyl halides is 3. The van der Waals surface area contributed by atoms with E-state index in [1.807, 2.05) is 0 Å². The van der Waals surface area contributed by atoms with Crippen LogP contribution in [0.15, 0.2) is 24.3 Å². The van der Waals surface area contributed by atoms with E-state index in [0.29, 0.717) is 27.5 Å². The van der Waals surface area contributed by atoms with Gasteiger partial charge in [0.05, 0.1) is 29.5 Å². The Kier molecular flexibility index (Phi) is 4.00. The Hall–Kier alpha value is -2.06. The molecule has 0 radical (unpaired) electrons. The van der Waals surface area contributed by atoms with Crippen molar-refractivity contribution in [2.45, 2.75) is 43.6 Å². The average molecular weight is 386 g/mol. The predicted molar refractivity (Wildman–Crippen MR) is 87.0 cm³/mol. The van der Waals surface area contributed by atoms with Crippen molar-refractivity contribution >= 4 is 17.5 Å². The molecule has 1 fully saturated rings. The number of fused-ring (bicyclic) bond motifs is 1. The molecule has 1 unspecified atom stereocenters. The van der Waals surface area contributed by atoms with Crippen molar-refractivity contribution in [3.63, 3.8) is 0 Å². The van der Waals surface area contributed by atoms with Gasteiger partial charge in [-0.05, 0) is 30.5 Å². The molecular formula is C17H15ClF3N3O2. The van der Waals surface area contributed by atoms with Crippen LogP contribution in [0.1, 0.15) is 52.1 Å². The van der Waals surface area contributed by atoms with Gasteiger partial charge in [-0.1, -0.05) is 23.7 Å². The van der Waals surface area contributed by atoms with E-state index >= 15 is 0 Å². The molecule has 2 aromatic rings. The molecule has 4 rings (SSSR count). The highest BCUT2D eigenvalue weighted by Crippen LogP contribution is 2.45. The lowest BCUT2D eigenvalue weighted by molar-refractivity contribution is -0.208. The lowest BCUT2D eigenvalue weighted by Gasteiger charge is -2.19. The maximum absolute atomic E-state index is 12.8. The van der Waals surface area contributed by atoms with Gasteiger partial charge in [-0.2, -0.15) is 18.3 Å². The van der Waals surface area contributed by atoms with Crippen LogP contribution in [0.25, 0.3) is 0 Å². The molecule has 0 saturated heterocycles. The summed E-state index contributed by atoms with van der Waals surface area (Å²) in [5, 5.41) is 17.1. The molecule has 0 spiro atoms. The van der Waals surface area contributed by atoms with Crippen molar-refractivity contribution in [1.29, 1.82) is 0 Å². The molecule has 1 aliphatic carbocycles. The SMILES string of the molecule is O=C1NC(c2ccc(Cl)cc2)c2c1c(C1CC1)nn2C[C@@H](O)C(F)(F)F. The molecule has 2 aliphatic rings. The van der Waals surface area contributed by atoms with Crippen molar-refractivity contribution in [1.82, 2.24) is 15.1 Å². The van der Waals surface area contributed by atoms with Crippen LogP contribution in [0, 0.1) is 0 Å². The molecule has 138 valence electrons. The van der Waals surface area contributed by atoms with Crippen LogP contribution in [0.5, 0.6) is 0 Å². The zero-order valence-corrected chi connectivity index (χ0v) is 14.2. The van der Waals surface area contributed by atoms with Gasteiger partial charge in [0.2, 0.25) is 0 Å². The van der Waals surface area contributed by atoms with Crippen LogP contribution in [0.3, 0.4) is 0 Å². The topological polar surface area (TPSA) is 67.2 Å². The van der Waals surface area contributed by atoms with Crippen molar-refractivity contribution in [2.75, 3.05) is 0 Å². The summed E-state index contributed by atoms with van der Waals surface area (Å²) in [5.74, 6) is -0.266. The Morgan fingerprint density at radius 1 is 1.31 bits per heavy atom. The molecular weight excluding hydrogens is 371 g/mol. The summed E-state index contributed by atoms with van der Waals surface area (Å²) in [6, 6.07) is 6.07. The summed E-state index contributed by atoms with van der Waals surface area (Å²) < 4.78 is 39.6. The summed E-state index contributed by atoms with van der Waals surface area (Å²) in [5.41, 5.74) is 1.90. The maximum atomic E-state index is 12.8. The summed E-state index contributed by atoms with van der Waals surface area (Å²) in [4.78, 5) is 12.5. The average Bonchev–Trinajstić information content (AvgIpc) is 3.26. The van der Waals surface area contributed by atoms with Gasteiger partial charge in [0.25, 0.3) is 5.91 Å². The highest BCUT2D eigenvalue weighted by Gasteiger charge is 2.44. The number of hydrogen-bond acceptors (Lipinski definition) is 3. The van der Waals surface area contributed by atoms with Crippen LogP contribution in [-0.2, 0) is 6.54 Å². The normalized spacial score (nSPS) is 20.8.